The van der Waals surface area contributed by atoms with Crippen molar-refractivity contribution >= 4 is 5.91 Å². The van der Waals surface area contributed by atoms with E-state index in [-0.39, 0.29) is 22.4 Å². The molecule has 0 bridgehead atoms. The van der Waals surface area contributed by atoms with Crippen molar-refractivity contribution in [2.75, 3.05) is 13.1 Å². The standard InChI is InChI=1S/C20H25N3O2/c1-13-16(17(24)22-19(21-13)20(2,3)4)18(25)23-11-9-14-7-5-6-8-15(14)10-12-23/h5-8H,9-12H2,1-4H3,(H,21,22,24). The van der Waals surface area contributed by atoms with E-state index in [0.717, 1.165) is 12.8 Å². The third kappa shape index (κ3) is 3.50. The monoisotopic (exact) mass is 339 g/mol. The molecule has 3 rings (SSSR count). The van der Waals surface area contributed by atoms with Crippen molar-refractivity contribution in [3.05, 3.63) is 62.8 Å². The molecule has 1 aromatic heterocycles. The number of nitrogens with one attached hydrogen (secondary N) is 1. The Morgan fingerprint density at radius 1 is 1.12 bits per heavy atom. The van der Waals surface area contributed by atoms with Crippen LogP contribution in [0.1, 0.15) is 53.8 Å². The van der Waals surface area contributed by atoms with Crippen LogP contribution in [0.4, 0.5) is 0 Å². The number of fused-ring (bicyclic) bond motifs is 1. The van der Waals surface area contributed by atoms with Crippen LogP contribution in [0.5, 0.6) is 0 Å². The Morgan fingerprint density at radius 3 is 2.16 bits per heavy atom. The van der Waals surface area contributed by atoms with Crippen LogP contribution < -0.4 is 5.56 Å². The summed E-state index contributed by atoms with van der Waals surface area (Å²) in [5.74, 6) is 0.384. The van der Waals surface area contributed by atoms with Gasteiger partial charge in [0.05, 0.1) is 5.69 Å². The normalized spacial score (nSPS) is 14.8. The van der Waals surface area contributed by atoms with Crippen LogP contribution in [0, 0.1) is 6.92 Å². The van der Waals surface area contributed by atoms with Gasteiger partial charge in [-0.1, -0.05) is 45.0 Å². The maximum Gasteiger partial charge on any atom is 0.264 e. The zero-order valence-electron chi connectivity index (χ0n) is 15.3. The van der Waals surface area contributed by atoms with Crippen molar-refractivity contribution in [3.8, 4) is 0 Å². The summed E-state index contributed by atoms with van der Waals surface area (Å²) < 4.78 is 0. The first-order valence-corrected chi connectivity index (χ1v) is 8.75. The molecule has 0 aliphatic carbocycles. The highest BCUT2D eigenvalue weighted by Crippen LogP contribution is 2.19. The topological polar surface area (TPSA) is 66.1 Å². The molecule has 0 saturated carbocycles. The van der Waals surface area contributed by atoms with E-state index in [1.54, 1.807) is 11.8 Å². The highest BCUT2D eigenvalue weighted by Gasteiger charge is 2.26. The summed E-state index contributed by atoms with van der Waals surface area (Å²) in [5.41, 5.74) is 2.62. The maximum atomic E-state index is 13.0. The van der Waals surface area contributed by atoms with Crippen molar-refractivity contribution in [1.82, 2.24) is 14.9 Å². The molecule has 25 heavy (non-hydrogen) atoms. The fourth-order valence-corrected chi connectivity index (χ4v) is 3.22. The van der Waals surface area contributed by atoms with Gasteiger partial charge in [-0.25, -0.2) is 4.98 Å². The Morgan fingerprint density at radius 2 is 1.68 bits per heavy atom. The van der Waals surface area contributed by atoms with E-state index in [0.29, 0.717) is 24.6 Å². The molecule has 0 spiro atoms. The number of H-pyrrole nitrogens is 1. The number of aromatic amines is 1. The van der Waals surface area contributed by atoms with Crippen molar-refractivity contribution in [1.29, 1.82) is 0 Å². The first-order chi connectivity index (χ1) is 11.8. The molecule has 2 heterocycles. The van der Waals surface area contributed by atoms with Gasteiger partial charge in [-0.15, -0.1) is 0 Å². The molecular formula is C20H25N3O2. The van der Waals surface area contributed by atoms with E-state index < -0.39 is 0 Å². The Bertz CT molecular complexity index is 835. The molecule has 0 saturated heterocycles. The molecule has 0 unspecified atom stereocenters. The molecule has 132 valence electrons. The summed E-state index contributed by atoms with van der Waals surface area (Å²) in [6.07, 6.45) is 1.62. The minimum Gasteiger partial charge on any atom is -0.338 e. The van der Waals surface area contributed by atoms with Crippen LogP contribution in [0.25, 0.3) is 0 Å². The number of carbonyl (C=O) groups excluding carboxylic acids is 1. The molecule has 5 heteroatoms. The number of hydrogen-bond donors (Lipinski definition) is 1. The lowest BCUT2D eigenvalue weighted by molar-refractivity contribution is 0.0759. The van der Waals surface area contributed by atoms with Crippen molar-refractivity contribution in [2.45, 2.75) is 46.0 Å². The van der Waals surface area contributed by atoms with Crippen LogP contribution in [0.2, 0.25) is 0 Å². The lowest BCUT2D eigenvalue weighted by Crippen LogP contribution is -2.38. The summed E-state index contributed by atoms with van der Waals surface area (Å²) in [6, 6.07) is 8.28. The van der Waals surface area contributed by atoms with Gasteiger partial charge in [0, 0.05) is 18.5 Å². The number of benzene rings is 1. The van der Waals surface area contributed by atoms with E-state index in [9.17, 15) is 9.59 Å². The minimum atomic E-state index is -0.343. The van der Waals surface area contributed by atoms with E-state index in [2.05, 4.69) is 22.1 Å². The molecule has 1 aliphatic rings. The average Bonchev–Trinajstić information content (AvgIpc) is 2.75. The Kier molecular flexibility index (Phi) is 4.50. The van der Waals surface area contributed by atoms with Gasteiger partial charge in [0.15, 0.2) is 0 Å². The van der Waals surface area contributed by atoms with Crippen LogP contribution in [-0.2, 0) is 18.3 Å². The molecule has 0 atom stereocenters. The number of nitrogens with zero attached hydrogens (tertiary/aromatic N) is 2. The number of hydrogen-bond acceptors (Lipinski definition) is 3. The first-order valence-electron chi connectivity index (χ1n) is 8.75. The molecule has 0 radical (unpaired) electrons. The largest absolute Gasteiger partial charge is 0.338 e. The molecular weight excluding hydrogens is 314 g/mol. The van der Waals surface area contributed by atoms with E-state index >= 15 is 0 Å². The zero-order chi connectivity index (χ0) is 18.2. The van der Waals surface area contributed by atoms with E-state index in [1.165, 1.54) is 11.1 Å². The third-order valence-corrected chi connectivity index (χ3v) is 4.73. The molecule has 1 aliphatic heterocycles. The van der Waals surface area contributed by atoms with Gasteiger partial charge in [-0.2, -0.15) is 0 Å². The van der Waals surface area contributed by atoms with Gasteiger partial charge in [0.2, 0.25) is 0 Å². The maximum absolute atomic E-state index is 13.0. The summed E-state index contributed by atoms with van der Waals surface area (Å²) in [4.78, 5) is 34.6. The minimum absolute atomic E-state index is 0.166. The summed E-state index contributed by atoms with van der Waals surface area (Å²) in [5, 5.41) is 0. The van der Waals surface area contributed by atoms with Crippen molar-refractivity contribution < 1.29 is 4.79 Å². The smallest absolute Gasteiger partial charge is 0.264 e. The zero-order valence-corrected chi connectivity index (χ0v) is 15.3. The summed E-state index contributed by atoms with van der Waals surface area (Å²) in [6.45, 7) is 8.93. The van der Waals surface area contributed by atoms with E-state index in [4.69, 9.17) is 0 Å². The Balaban J connectivity index is 1.88. The van der Waals surface area contributed by atoms with E-state index in [1.807, 2.05) is 32.9 Å². The van der Waals surface area contributed by atoms with Crippen LogP contribution in [0.3, 0.4) is 0 Å². The van der Waals surface area contributed by atoms with Crippen LogP contribution >= 0.6 is 0 Å². The summed E-state index contributed by atoms with van der Waals surface area (Å²) in [7, 11) is 0. The number of aromatic nitrogens is 2. The Hall–Kier alpha value is -2.43. The van der Waals surface area contributed by atoms with Crippen molar-refractivity contribution in [2.24, 2.45) is 0 Å². The molecule has 5 nitrogen and oxygen atoms in total. The highest BCUT2D eigenvalue weighted by molar-refractivity contribution is 5.95. The summed E-state index contributed by atoms with van der Waals surface area (Å²) >= 11 is 0. The molecule has 1 amide bonds. The Labute approximate surface area is 148 Å². The van der Waals surface area contributed by atoms with Crippen LogP contribution in [-0.4, -0.2) is 33.9 Å². The highest BCUT2D eigenvalue weighted by atomic mass is 16.2. The van der Waals surface area contributed by atoms with Crippen molar-refractivity contribution in [3.63, 3.8) is 0 Å². The molecule has 0 fully saturated rings. The predicted molar refractivity (Wildman–Crippen MR) is 98.0 cm³/mol. The lowest BCUT2D eigenvalue weighted by atomic mass is 9.95. The fourth-order valence-electron chi connectivity index (χ4n) is 3.22. The van der Waals surface area contributed by atoms with Crippen LogP contribution in [0.15, 0.2) is 29.1 Å². The fraction of sp³-hybridized carbons (Fsp3) is 0.450. The quantitative estimate of drug-likeness (QED) is 0.868. The third-order valence-electron chi connectivity index (χ3n) is 4.73. The van der Waals surface area contributed by atoms with Gasteiger partial charge in [0.25, 0.3) is 11.5 Å². The first kappa shape index (κ1) is 17.4. The number of rotatable bonds is 1. The van der Waals surface area contributed by atoms with Gasteiger partial charge >= 0.3 is 0 Å². The van der Waals surface area contributed by atoms with Gasteiger partial charge in [0.1, 0.15) is 11.4 Å². The molecule has 1 aromatic carbocycles. The second-order valence-corrected chi connectivity index (χ2v) is 7.69. The predicted octanol–water partition coefficient (Wildman–Crippen LogP) is 2.62. The second-order valence-electron chi connectivity index (χ2n) is 7.69. The molecule has 2 aromatic rings. The van der Waals surface area contributed by atoms with Gasteiger partial charge in [-0.05, 0) is 30.9 Å². The lowest BCUT2D eigenvalue weighted by Gasteiger charge is -2.22. The molecule has 1 N–H and O–H groups in total. The number of carbonyl (C=O) groups is 1. The average molecular weight is 339 g/mol. The number of amides is 1. The van der Waals surface area contributed by atoms with Gasteiger partial charge < -0.3 is 9.88 Å². The second kappa shape index (κ2) is 6.47. The van der Waals surface area contributed by atoms with Gasteiger partial charge in [-0.3, -0.25) is 9.59 Å². The SMILES string of the molecule is Cc1nc(C(C)(C)C)[nH]c(=O)c1C(=O)N1CCc2ccccc2CC1. The number of aryl methyl sites for hydroxylation is 1.